The lowest BCUT2D eigenvalue weighted by molar-refractivity contribution is 0.0352. The topological polar surface area (TPSA) is 54.7 Å². The van der Waals surface area contributed by atoms with Gasteiger partial charge in [-0.25, -0.2) is 5.01 Å². The van der Waals surface area contributed by atoms with Gasteiger partial charge in [0.1, 0.15) is 11.3 Å². The van der Waals surface area contributed by atoms with Crippen LogP contribution in [0.5, 0.6) is 5.75 Å². The third-order valence-corrected chi connectivity index (χ3v) is 4.85. The van der Waals surface area contributed by atoms with E-state index in [9.17, 15) is 4.79 Å². The molecule has 1 saturated heterocycles. The monoisotopic (exact) mass is 330 g/mol. The Morgan fingerprint density at radius 2 is 2.04 bits per heavy atom. The Bertz CT molecular complexity index is 728. The number of ether oxygens (including phenoxy) is 1. The molecule has 1 aliphatic heterocycles. The van der Waals surface area contributed by atoms with Gasteiger partial charge >= 0.3 is 5.91 Å². The van der Waals surface area contributed by atoms with Crippen LogP contribution in [0, 0.1) is 6.92 Å². The quantitative estimate of drug-likeness (QED) is 0.919. The lowest BCUT2D eigenvalue weighted by Gasteiger charge is -2.38. The minimum atomic E-state index is -0.178. The van der Waals surface area contributed by atoms with Gasteiger partial charge in [0.05, 0.1) is 6.61 Å². The Morgan fingerprint density at radius 3 is 2.71 bits per heavy atom. The number of rotatable bonds is 4. The number of hydrogen-bond donors (Lipinski definition) is 1. The molecule has 24 heavy (non-hydrogen) atoms. The Morgan fingerprint density at radius 1 is 1.33 bits per heavy atom. The third kappa shape index (κ3) is 3.13. The van der Waals surface area contributed by atoms with Crippen molar-refractivity contribution in [1.29, 1.82) is 0 Å². The number of fused-ring (bicyclic) bond motifs is 1. The fourth-order valence-electron chi connectivity index (χ4n) is 3.48. The molecule has 0 radical (unpaired) electrons. The smallest absolute Gasteiger partial charge is 0.301 e. The minimum Gasteiger partial charge on any atom is -0.494 e. The van der Waals surface area contributed by atoms with Crippen LogP contribution in [0.4, 0.5) is 0 Å². The molecule has 1 aromatic carbocycles. The molecule has 5 nitrogen and oxygen atoms in total. The van der Waals surface area contributed by atoms with Gasteiger partial charge in [0, 0.05) is 23.0 Å². The number of benzene rings is 1. The third-order valence-electron chi connectivity index (χ3n) is 4.85. The van der Waals surface area contributed by atoms with Crippen LogP contribution in [0.1, 0.15) is 56.2 Å². The lowest BCUT2D eigenvalue weighted by Crippen LogP contribution is -2.54. The highest BCUT2D eigenvalue weighted by Crippen LogP contribution is 2.29. The largest absolute Gasteiger partial charge is 0.494 e. The van der Waals surface area contributed by atoms with Crippen molar-refractivity contribution >= 4 is 16.9 Å². The Balaban J connectivity index is 1.85. The van der Waals surface area contributed by atoms with E-state index >= 15 is 0 Å². The molecule has 2 heterocycles. The van der Waals surface area contributed by atoms with E-state index in [1.54, 1.807) is 0 Å². The summed E-state index contributed by atoms with van der Waals surface area (Å²) in [6.45, 7) is 8.78. The lowest BCUT2D eigenvalue weighted by atomic mass is 10.00. The van der Waals surface area contributed by atoms with Crippen molar-refractivity contribution in [3.8, 4) is 5.75 Å². The number of hydrogen-bond acceptors (Lipinski definition) is 4. The minimum absolute atomic E-state index is 0.178. The normalized spacial score (nSPS) is 21.8. The zero-order chi connectivity index (χ0) is 17.3. The molecule has 1 aromatic heterocycles. The van der Waals surface area contributed by atoms with Gasteiger partial charge in [-0.15, -0.1) is 0 Å². The van der Waals surface area contributed by atoms with Crippen molar-refractivity contribution in [3.05, 3.63) is 29.5 Å². The molecule has 0 spiro atoms. The first-order valence-electron chi connectivity index (χ1n) is 8.76. The first-order valence-corrected chi connectivity index (χ1v) is 8.76. The fourth-order valence-corrected chi connectivity index (χ4v) is 3.48. The predicted molar refractivity (Wildman–Crippen MR) is 94.2 cm³/mol. The highest BCUT2D eigenvalue weighted by molar-refractivity contribution is 5.99. The van der Waals surface area contributed by atoms with Crippen LogP contribution in [0.2, 0.25) is 0 Å². The standard InChI is InChI=1S/C19H26N2O3/c1-5-23-15-9-10-17-16(11-15)14(4)18(24-17)19(22)20-21-12(2)7-6-8-13(21)3/h9-13H,5-8H2,1-4H3,(H,20,22)/t12-,13+. The molecule has 1 amide bonds. The molecule has 0 bridgehead atoms. The first kappa shape index (κ1) is 16.8. The highest BCUT2D eigenvalue weighted by Gasteiger charge is 2.28. The van der Waals surface area contributed by atoms with Gasteiger partial charge in [0.2, 0.25) is 0 Å². The van der Waals surface area contributed by atoms with Crippen LogP contribution in [0.15, 0.2) is 22.6 Å². The first-order chi connectivity index (χ1) is 11.5. The summed E-state index contributed by atoms with van der Waals surface area (Å²) in [7, 11) is 0. The van der Waals surface area contributed by atoms with E-state index in [2.05, 4.69) is 24.3 Å². The number of furan rings is 1. The summed E-state index contributed by atoms with van der Waals surface area (Å²) in [5.41, 5.74) is 4.60. The fraction of sp³-hybridized carbons (Fsp3) is 0.526. The number of amides is 1. The van der Waals surface area contributed by atoms with Crippen LogP contribution in [0.3, 0.4) is 0 Å². The summed E-state index contributed by atoms with van der Waals surface area (Å²) < 4.78 is 11.3. The number of carbonyl (C=O) groups excluding carboxylic acids is 1. The molecule has 1 N–H and O–H groups in total. The molecule has 0 aliphatic carbocycles. The van der Waals surface area contributed by atoms with Crippen molar-refractivity contribution < 1.29 is 13.9 Å². The molecule has 2 aromatic rings. The predicted octanol–water partition coefficient (Wildman–Crippen LogP) is 4.05. The second-order valence-electron chi connectivity index (χ2n) is 6.62. The zero-order valence-corrected chi connectivity index (χ0v) is 14.9. The molecule has 1 fully saturated rings. The number of nitrogens with zero attached hydrogens (tertiary/aromatic N) is 1. The summed E-state index contributed by atoms with van der Waals surface area (Å²) in [4.78, 5) is 12.7. The molecule has 1 aliphatic rings. The zero-order valence-electron chi connectivity index (χ0n) is 14.9. The maximum atomic E-state index is 12.7. The summed E-state index contributed by atoms with van der Waals surface area (Å²) in [6, 6.07) is 6.33. The number of piperidine rings is 1. The van der Waals surface area contributed by atoms with E-state index in [1.165, 1.54) is 6.42 Å². The summed E-state index contributed by atoms with van der Waals surface area (Å²) in [6.07, 6.45) is 3.40. The van der Waals surface area contributed by atoms with E-state index in [0.717, 1.165) is 29.5 Å². The van der Waals surface area contributed by atoms with E-state index in [-0.39, 0.29) is 5.91 Å². The molecule has 130 valence electrons. The Labute approximate surface area is 142 Å². The maximum absolute atomic E-state index is 12.7. The van der Waals surface area contributed by atoms with Crippen molar-refractivity contribution in [2.24, 2.45) is 0 Å². The Hall–Kier alpha value is -2.01. The molecular weight excluding hydrogens is 304 g/mol. The van der Waals surface area contributed by atoms with Crippen LogP contribution in [0.25, 0.3) is 11.0 Å². The van der Waals surface area contributed by atoms with Gasteiger partial charge < -0.3 is 9.15 Å². The molecule has 0 unspecified atom stereocenters. The van der Waals surface area contributed by atoms with Gasteiger partial charge in [0.15, 0.2) is 5.76 Å². The van der Waals surface area contributed by atoms with Crippen LogP contribution in [-0.4, -0.2) is 29.6 Å². The van der Waals surface area contributed by atoms with E-state index < -0.39 is 0 Å². The number of nitrogens with one attached hydrogen (secondary N) is 1. The van der Waals surface area contributed by atoms with Crippen molar-refractivity contribution in [1.82, 2.24) is 10.4 Å². The van der Waals surface area contributed by atoms with E-state index in [1.807, 2.05) is 32.0 Å². The average Bonchev–Trinajstić information content (AvgIpc) is 2.88. The Kier molecular flexibility index (Phi) is 4.81. The second-order valence-corrected chi connectivity index (χ2v) is 6.62. The van der Waals surface area contributed by atoms with E-state index in [0.29, 0.717) is 30.0 Å². The van der Waals surface area contributed by atoms with Crippen LogP contribution >= 0.6 is 0 Å². The summed E-state index contributed by atoms with van der Waals surface area (Å²) in [5.74, 6) is 0.991. The summed E-state index contributed by atoms with van der Waals surface area (Å²) in [5, 5.41) is 2.98. The SMILES string of the molecule is CCOc1ccc2oc(C(=O)NN3[C@H](C)CCC[C@@H]3C)c(C)c2c1. The second kappa shape index (κ2) is 6.85. The maximum Gasteiger partial charge on any atom is 0.301 e. The van der Waals surface area contributed by atoms with Gasteiger partial charge in [-0.2, -0.15) is 0 Å². The van der Waals surface area contributed by atoms with Crippen molar-refractivity contribution in [2.45, 2.75) is 59.0 Å². The van der Waals surface area contributed by atoms with Crippen LogP contribution < -0.4 is 10.2 Å². The molecule has 0 saturated carbocycles. The van der Waals surface area contributed by atoms with Gasteiger partial charge in [-0.1, -0.05) is 6.42 Å². The molecule has 2 atom stereocenters. The number of aryl methyl sites for hydroxylation is 1. The molecular formula is C19H26N2O3. The van der Waals surface area contributed by atoms with Gasteiger partial charge in [-0.3, -0.25) is 10.2 Å². The molecule has 3 rings (SSSR count). The van der Waals surface area contributed by atoms with Gasteiger partial charge in [-0.05, 0) is 58.7 Å². The van der Waals surface area contributed by atoms with Crippen molar-refractivity contribution in [2.75, 3.05) is 6.61 Å². The van der Waals surface area contributed by atoms with Crippen molar-refractivity contribution in [3.63, 3.8) is 0 Å². The highest BCUT2D eigenvalue weighted by atomic mass is 16.5. The van der Waals surface area contributed by atoms with E-state index in [4.69, 9.17) is 9.15 Å². The summed E-state index contributed by atoms with van der Waals surface area (Å²) >= 11 is 0. The van der Waals surface area contributed by atoms with Crippen LogP contribution in [-0.2, 0) is 0 Å². The number of carbonyl (C=O) groups is 1. The molecule has 5 heteroatoms. The number of hydrazine groups is 1. The average molecular weight is 330 g/mol. The van der Waals surface area contributed by atoms with Gasteiger partial charge in [0.25, 0.3) is 0 Å².